The summed E-state index contributed by atoms with van der Waals surface area (Å²) in [5.74, 6) is 0.499. The van der Waals surface area contributed by atoms with Crippen LogP contribution in [0.4, 0.5) is 0 Å². The van der Waals surface area contributed by atoms with Crippen molar-refractivity contribution < 1.29 is 9.53 Å². The first-order chi connectivity index (χ1) is 8.65. The predicted molar refractivity (Wildman–Crippen MR) is 72.3 cm³/mol. The first-order valence-electron chi connectivity index (χ1n) is 5.55. The van der Waals surface area contributed by atoms with Crippen molar-refractivity contribution in [3.05, 3.63) is 29.8 Å². The van der Waals surface area contributed by atoms with Gasteiger partial charge in [-0.2, -0.15) is 5.10 Å². The summed E-state index contributed by atoms with van der Waals surface area (Å²) in [6.07, 6.45) is 3.45. The number of thiocarbonyl (C=S) groups is 1. The lowest BCUT2D eigenvalue weighted by Gasteiger charge is -2.03. The van der Waals surface area contributed by atoms with Gasteiger partial charge in [0.25, 0.3) is 0 Å². The van der Waals surface area contributed by atoms with Gasteiger partial charge < -0.3 is 10.5 Å². The van der Waals surface area contributed by atoms with Crippen LogP contribution in [0.1, 0.15) is 18.4 Å². The third-order valence-corrected chi connectivity index (χ3v) is 2.49. The molecule has 5 nitrogen and oxygen atoms in total. The number of ether oxygens (including phenoxy) is 1. The molecule has 1 saturated carbocycles. The third-order valence-electron chi connectivity index (χ3n) is 2.40. The summed E-state index contributed by atoms with van der Waals surface area (Å²) in [4.78, 5) is 11.4. The van der Waals surface area contributed by atoms with Crippen molar-refractivity contribution in [1.82, 2.24) is 5.43 Å². The number of hydrogen-bond acceptors (Lipinski definition) is 4. The number of carbonyl (C=O) groups excluding carboxylic acids is 1. The quantitative estimate of drug-likeness (QED) is 0.280. The highest BCUT2D eigenvalue weighted by Gasteiger charge is 2.31. The standard InChI is InChI=1S/C12H13N3O2S/c13-12(18)15-14-7-8-1-5-10(6-2-8)17-11(16)9-3-4-9/h1-2,5-7,9H,3-4H2,(H3,13,15,18). The number of carbonyl (C=O) groups is 1. The van der Waals surface area contributed by atoms with E-state index in [-0.39, 0.29) is 17.0 Å². The molecule has 2 rings (SSSR count). The number of nitrogens with zero attached hydrogens (tertiary/aromatic N) is 1. The van der Waals surface area contributed by atoms with Gasteiger partial charge in [0, 0.05) is 0 Å². The summed E-state index contributed by atoms with van der Waals surface area (Å²) in [6, 6.07) is 7.03. The van der Waals surface area contributed by atoms with Gasteiger partial charge in [0.2, 0.25) is 0 Å². The van der Waals surface area contributed by atoms with Crippen LogP contribution in [0, 0.1) is 5.92 Å². The normalized spacial score (nSPS) is 14.4. The average Bonchev–Trinajstić information content (AvgIpc) is 3.15. The fourth-order valence-electron chi connectivity index (χ4n) is 1.31. The minimum atomic E-state index is -0.147. The van der Waals surface area contributed by atoms with Crippen molar-refractivity contribution in [3.8, 4) is 5.75 Å². The molecule has 0 radical (unpaired) electrons. The molecule has 18 heavy (non-hydrogen) atoms. The lowest BCUT2D eigenvalue weighted by atomic mass is 10.2. The highest BCUT2D eigenvalue weighted by molar-refractivity contribution is 7.80. The van der Waals surface area contributed by atoms with Gasteiger partial charge in [-0.1, -0.05) is 0 Å². The first kappa shape index (κ1) is 12.5. The number of benzene rings is 1. The SMILES string of the molecule is NC(=S)NN=Cc1ccc(OC(=O)C2CC2)cc1. The molecule has 94 valence electrons. The number of esters is 1. The van der Waals surface area contributed by atoms with Crippen LogP contribution < -0.4 is 15.9 Å². The number of nitrogens with one attached hydrogen (secondary N) is 1. The fraction of sp³-hybridized carbons (Fsp3) is 0.250. The first-order valence-corrected chi connectivity index (χ1v) is 5.96. The van der Waals surface area contributed by atoms with Gasteiger partial charge in [0.15, 0.2) is 5.11 Å². The van der Waals surface area contributed by atoms with E-state index < -0.39 is 0 Å². The topological polar surface area (TPSA) is 76.7 Å². The van der Waals surface area contributed by atoms with Crippen molar-refractivity contribution >= 4 is 29.5 Å². The van der Waals surface area contributed by atoms with E-state index in [1.165, 1.54) is 0 Å². The van der Waals surface area contributed by atoms with Crippen LogP contribution in [0.3, 0.4) is 0 Å². The second-order valence-electron chi connectivity index (χ2n) is 4.00. The van der Waals surface area contributed by atoms with Crippen LogP contribution in [0.2, 0.25) is 0 Å². The monoisotopic (exact) mass is 263 g/mol. The van der Waals surface area contributed by atoms with Gasteiger partial charge in [0.1, 0.15) is 5.75 Å². The molecule has 1 aliphatic carbocycles. The Morgan fingerprint density at radius 2 is 2.11 bits per heavy atom. The van der Waals surface area contributed by atoms with Crippen molar-refractivity contribution in [3.63, 3.8) is 0 Å². The zero-order valence-electron chi connectivity index (χ0n) is 9.63. The van der Waals surface area contributed by atoms with Crippen molar-refractivity contribution in [2.24, 2.45) is 16.8 Å². The lowest BCUT2D eigenvalue weighted by Crippen LogP contribution is -2.23. The highest BCUT2D eigenvalue weighted by atomic mass is 32.1. The molecule has 0 heterocycles. The minimum absolute atomic E-state index is 0.0982. The summed E-state index contributed by atoms with van der Waals surface area (Å²) >= 11 is 4.60. The molecule has 0 aliphatic heterocycles. The highest BCUT2D eigenvalue weighted by Crippen LogP contribution is 2.30. The summed E-state index contributed by atoms with van der Waals surface area (Å²) in [5.41, 5.74) is 8.53. The summed E-state index contributed by atoms with van der Waals surface area (Å²) in [7, 11) is 0. The summed E-state index contributed by atoms with van der Waals surface area (Å²) in [6.45, 7) is 0. The summed E-state index contributed by atoms with van der Waals surface area (Å²) in [5, 5.41) is 3.93. The molecule has 0 bridgehead atoms. The molecule has 0 saturated heterocycles. The Labute approximate surface area is 110 Å². The van der Waals surface area contributed by atoms with Gasteiger partial charge in [-0.25, -0.2) is 0 Å². The van der Waals surface area contributed by atoms with E-state index in [9.17, 15) is 4.79 Å². The maximum atomic E-state index is 11.4. The molecule has 0 amide bonds. The van der Waals surface area contributed by atoms with E-state index in [1.54, 1.807) is 30.5 Å². The Balaban J connectivity index is 1.90. The third kappa shape index (κ3) is 3.81. The van der Waals surface area contributed by atoms with Gasteiger partial charge in [-0.15, -0.1) is 0 Å². The van der Waals surface area contributed by atoms with Gasteiger partial charge in [-0.3, -0.25) is 10.2 Å². The van der Waals surface area contributed by atoms with Crippen LogP contribution in [0.15, 0.2) is 29.4 Å². The number of hydrazone groups is 1. The van der Waals surface area contributed by atoms with E-state index in [2.05, 4.69) is 22.7 Å². The van der Waals surface area contributed by atoms with E-state index >= 15 is 0 Å². The zero-order valence-corrected chi connectivity index (χ0v) is 10.4. The molecule has 1 aromatic carbocycles. The smallest absolute Gasteiger partial charge is 0.314 e. The molecule has 1 aromatic rings. The Hall–Kier alpha value is -1.95. The average molecular weight is 263 g/mol. The maximum Gasteiger partial charge on any atom is 0.314 e. The van der Waals surface area contributed by atoms with Crippen molar-refractivity contribution in [2.45, 2.75) is 12.8 Å². The zero-order chi connectivity index (χ0) is 13.0. The molecule has 0 spiro atoms. The van der Waals surface area contributed by atoms with E-state index in [1.807, 2.05) is 0 Å². The molecule has 0 atom stereocenters. The fourth-order valence-corrected chi connectivity index (χ4v) is 1.36. The number of hydrogen-bond donors (Lipinski definition) is 2. The Bertz CT molecular complexity index is 481. The Morgan fingerprint density at radius 3 is 2.67 bits per heavy atom. The Morgan fingerprint density at radius 1 is 1.44 bits per heavy atom. The van der Waals surface area contributed by atoms with Crippen LogP contribution in [0.25, 0.3) is 0 Å². The van der Waals surface area contributed by atoms with Crippen LogP contribution >= 0.6 is 12.2 Å². The number of nitrogens with two attached hydrogens (primary N) is 1. The second kappa shape index (κ2) is 5.59. The second-order valence-corrected chi connectivity index (χ2v) is 4.44. The van der Waals surface area contributed by atoms with Crippen LogP contribution in [-0.2, 0) is 4.79 Å². The molecule has 6 heteroatoms. The van der Waals surface area contributed by atoms with E-state index in [0.717, 1.165) is 18.4 Å². The molecule has 0 unspecified atom stereocenters. The largest absolute Gasteiger partial charge is 0.426 e. The number of rotatable bonds is 4. The molecular formula is C12H13N3O2S. The van der Waals surface area contributed by atoms with Crippen LogP contribution in [0.5, 0.6) is 5.75 Å². The van der Waals surface area contributed by atoms with Gasteiger partial charge in [-0.05, 0) is 54.9 Å². The molecule has 3 N–H and O–H groups in total. The molecular weight excluding hydrogens is 250 g/mol. The molecule has 1 fully saturated rings. The Kier molecular flexibility index (Phi) is 3.88. The maximum absolute atomic E-state index is 11.4. The van der Waals surface area contributed by atoms with E-state index in [0.29, 0.717) is 5.75 Å². The van der Waals surface area contributed by atoms with Crippen molar-refractivity contribution in [1.29, 1.82) is 0 Å². The molecule has 0 aromatic heterocycles. The summed E-state index contributed by atoms with van der Waals surface area (Å²) < 4.78 is 5.20. The van der Waals surface area contributed by atoms with Gasteiger partial charge >= 0.3 is 5.97 Å². The van der Waals surface area contributed by atoms with Gasteiger partial charge in [0.05, 0.1) is 12.1 Å². The minimum Gasteiger partial charge on any atom is -0.426 e. The van der Waals surface area contributed by atoms with E-state index in [4.69, 9.17) is 10.5 Å². The predicted octanol–water partition coefficient (Wildman–Crippen LogP) is 1.17. The van der Waals surface area contributed by atoms with Crippen molar-refractivity contribution in [2.75, 3.05) is 0 Å². The molecule has 1 aliphatic rings. The van der Waals surface area contributed by atoms with Crippen LogP contribution in [-0.4, -0.2) is 17.3 Å². The lowest BCUT2D eigenvalue weighted by molar-refractivity contribution is -0.135.